The van der Waals surface area contributed by atoms with E-state index in [1.807, 2.05) is 0 Å². The number of aromatic nitrogens is 2. The van der Waals surface area contributed by atoms with Crippen LogP contribution >= 0.6 is 0 Å². The molecule has 1 aromatic heterocycles. The van der Waals surface area contributed by atoms with Gasteiger partial charge < -0.3 is 15.5 Å². The van der Waals surface area contributed by atoms with Gasteiger partial charge in [0, 0.05) is 6.04 Å². The summed E-state index contributed by atoms with van der Waals surface area (Å²) >= 11 is 0. The Morgan fingerprint density at radius 3 is 2.83 bits per heavy atom. The zero-order valence-corrected chi connectivity index (χ0v) is 7.37. The van der Waals surface area contributed by atoms with Crippen molar-refractivity contribution in [3.63, 3.8) is 0 Å². The standard InChI is InChI=1S/C7H14N4O/c1-3-4-5(2)9-7-11-10-6(8)12-7/h5H,3-4H2,1-2H3,(H2,8,10)(H,9,11). The van der Waals surface area contributed by atoms with Crippen molar-refractivity contribution in [1.29, 1.82) is 0 Å². The van der Waals surface area contributed by atoms with Crippen molar-refractivity contribution in [1.82, 2.24) is 10.2 Å². The molecule has 0 spiro atoms. The van der Waals surface area contributed by atoms with Gasteiger partial charge >= 0.3 is 12.0 Å². The molecule has 0 aliphatic heterocycles. The zero-order chi connectivity index (χ0) is 8.97. The Morgan fingerprint density at radius 2 is 2.33 bits per heavy atom. The van der Waals surface area contributed by atoms with Gasteiger partial charge in [-0.3, -0.25) is 0 Å². The summed E-state index contributed by atoms with van der Waals surface area (Å²) < 4.78 is 4.94. The van der Waals surface area contributed by atoms with Crippen molar-refractivity contribution in [3.8, 4) is 0 Å². The van der Waals surface area contributed by atoms with Crippen LogP contribution in [0.4, 0.5) is 12.0 Å². The molecule has 5 heteroatoms. The van der Waals surface area contributed by atoms with E-state index in [2.05, 4.69) is 29.4 Å². The van der Waals surface area contributed by atoms with Gasteiger partial charge in [-0.05, 0) is 13.3 Å². The third-order valence-electron chi connectivity index (χ3n) is 1.53. The number of hydrogen-bond donors (Lipinski definition) is 2. The van der Waals surface area contributed by atoms with Gasteiger partial charge in [-0.15, -0.1) is 0 Å². The van der Waals surface area contributed by atoms with Crippen LogP contribution in [0.1, 0.15) is 26.7 Å². The van der Waals surface area contributed by atoms with E-state index in [0.29, 0.717) is 12.1 Å². The lowest BCUT2D eigenvalue weighted by atomic mass is 10.2. The highest BCUT2D eigenvalue weighted by atomic mass is 16.4. The molecule has 12 heavy (non-hydrogen) atoms. The summed E-state index contributed by atoms with van der Waals surface area (Å²) in [4.78, 5) is 0. The van der Waals surface area contributed by atoms with E-state index in [-0.39, 0.29) is 6.01 Å². The highest BCUT2D eigenvalue weighted by Gasteiger charge is 2.05. The largest absolute Gasteiger partial charge is 0.390 e. The Kier molecular flexibility index (Phi) is 2.90. The van der Waals surface area contributed by atoms with E-state index in [4.69, 9.17) is 10.2 Å². The second-order valence-corrected chi connectivity index (χ2v) is 2.78. The van der Waals surface area contributed by atoms with E-state index < -0.39 is 0 Å². The van der Waals surface area contributed by atoms with Gasteiger partial charge in [-0.2, -0.15) is 0 Å². The average Bonchev–Trinajstić information content (AvgIpc) is 2.36. The van der Waals surface area contributed by atoms with Crippen LogP contribution in [0, 0.1) is 0 Å². The molecule has 0 radical (unpaired) electrons. The number of nitrogens with two attached hydrogens (primary N) is 1. The van der Waals surface area contributed by atoms with Crippen molar-refractivity contribution in [2.75, 3.05) is 11.1 Å². The smallest absolute Gasteiger partial charge is 0.317 e. The minimum absolute atomic E-state index is 0.0983. The van der Waals surface area contributed by atoms with E-state index in [1.54, 1.807) is 0 Å². The number of rotatable bonds is 4. The molecule has 68 valence electrons. The minimum Gasteiger partial charge on any atom is -0.390 e. The molecule has 1 aromatic rings. The SMILES string of the molecule is CCCC(C)Nc1nnc(N)o1. The molecule has 3 N–H and O–H groups in total. The van der Waals surface area contributed by atoms with Crippen molar-refractivity contribution in [2.45, 2.75) is 32.7 Å². The van der Waals surface area contributed by atoms with Gasteiger partial charge in [-0.1, -0.05) is 23.5 Å². The van der Waals surface area contributed by atoms with Crippen molar-refractivity contribution in [2.24, 2.45) is 0 Å². The predicted octanol–water partition coefficient (Wildman–Crippen LogP) is 1.25. The Bertz CT molecular complexity index is 235. The number of hydrogen-bond acceptors (Lipinski definition) is 5. The first-order valence-electron chi connectivity index (χ1n) is 4.08. The Morgan fingerprint density at radius 1 is 1.58 bits per heavy atom. The van der Waals surface area contributed by atoms with Crippen LogP contribution < -0.4 is 11.1 Å². The Labute approximate surface area is 71.3 Å². The molecule has 5 nitrogen and oxygen atoms in total. The molecular weight excluding hydrogens is 156 g/mol. The first-order chi connectivity index (χ1) is 5.72. The van der Waals surface area contributed by atoms with Crippen LogP contribution in [-0.2, 0) is 0 Å². The molecule has 0 aromatic carbocycles. The van der Waals surface area contributed by atoms with Crippen LogP contribution in [0.3, 0.4) is 0 Å². The zero-order valence-electron chi connectivity index (χ0n) is 7.37. The van der Waals surface area contributed by atoms with Crippen LogP contribution in [-0.4, -0.2) is 16.2 Å². The minimum atomic E-state index is 0.0983. The summed E-state index contributed by atoms with van der Waals surface area (Å²) in [5, 5.41) is 10.3. The fourth-order valence-corrected chi connectivity index (χ4v) is 1.01. The van der Waals surface area contributed by atoms with E-state index in [1.165, 1.54) is 0 Å². The fourth-order valence-electron chi connectivity index (χ4n) is 1.01. The second kappa shape index (κ2) is 3.94. The second-order valence-electron chi connectivity index (χ2n) is 2.78. The fraction of sp³-hybridized carbons (Fsp3) is 0.714. The molecule has 1 atom stereocenters. The van der Waals surface area contributed by atoms with Crippen molar-refractivity contribution < 1.29 is 4.42 Å². The summed E-state index contributed by atoms with van der Waals surface area (Å²) in [6, 6.07) is 0.837. The monoisotopic (exact) mass is 170 g/mol. The molecule has 0 aliphatic rings. The van der Waals surface area contributed by atoms with E-state index >= 15 is 0 Å². The van der Waals surface area contributed by atoms with Gasteiger partial charge in [0.1, 0.15) is 0 Å². The number of nitrogens with zero attached hydrogens (tertiary/aromatic N) is 2. The summed E-state index contributed by atoms with van der Waals surface area (Å²) in [7, 11) is 0. The average molecular weight is 170 g/mol. The third kappa shape index (κ3) is 2.41. The maximum Gasteiger partial charge on any atom is 0.317 e. The molecule has 0 aliphatic carbocycles. The highest BCUT2D eigenvalue weighted by Crippen LogP contribution is 2.09. The Balaban J connectivity index is 2.41. The van der Waals surface area contributed by atoms with Gasteiger partial charge in [0.2, 0.25) is 0 Å². The first-order valence-corrected chi connectivity index (χ1v) is 4.08. The molecule has 1 unspecified atom stereocenters. The van der Waals surface area contributed by atoms with Crippen LogP contribution in [0.15, 0.2) is 4.42 Å². The highest BCUT2D eigenvalue weighted by molar-refractivity contribution is 5.23. The van der Waals surface area contributed by atoms with Crippen molar-refractivity contribution in [3.05, 3.63) is 0 Å². The molecule has 1 heterocycles. The topological polar surface area (TPSA) is 77.0 Å². The van der Waals surface area contributed by atoms with Crippen LogP contribution in [0.5, 0.6) is 0 Å². The first kappa shape index (κ1) is 8.83. The molecule has 0 bridgehead atoms. The lowest BCUT2D eigenvalue weighted by Gasteiger charge is -2.08. The molecule has 0 fully saturated rings. The van der Waals surface area contributed by atoms with Crippen molar-refractivity contribution >= 4 is 12.0 Å². The number of nitrogen functional groups attached to an aromatic ring is 1. The number of nitrogens with one attached hydrogen (secondary N) is 1. The number of anilines is 2. The van der Waals surface area contributed by atoms with Gasteiger partial charge in [-0.25, -0.2) is 0 Å². The molecule has 0 saturated carbocycles. The lowest BCUT2D eigenvalue weighted by molar-refractivity contribution is 0.566. The molecular formula is C7H14N4O. The van der Waals surface area contributed by atoms with Gasteiger partial charge in [0.15, 0.2) is 0 Å². The predicted molar refractivity (Wildman–Crippen MR) is 46.7 cm³/mol. The maximum absolute atomic E-state index is 5.25. The third-order valence-corrected chi connectivity index (χ3v) is 1.53. The van der Waals surface area contributed by atoms with Gasteiger partial charge in [0.05, 0.1) is 0 Å². The van der Waals surface area contributed by atoms with E-state index in [9.17, 15) is 0 Å². The quantitative estimate of drug-likeness (QED) is 0.711. The van der Waals surface area contributed by atoms with Crippen LogP contribution in [0.25, 0.3) is 0 Å². The molecule has 0 amide bonds. The summed E-state index contributed by atoms with van der Waals surface area (Å²) in [6.45, 7) is 4.18. The van der Waals surface area contributed by atoms with Crippen LogP contribution in [0.2, 0.25) is 0 Å². The molecule has 1 rings (SSSR count). The molecule has 0 saturated heterocycles. The summed E-state index contributed by atoms with van der Waals surface area (Å²) in [5.41, 5.74) is 5.25. The summed E-state index contributed by atoms with van der Waals surface area (Å²) in [6.07, 6.45) is 2.19. The summed E-state index contributed by atoms with van der Waals surface area (Å²) in [5.74, 6) is 0. The normalized spacial score (nSPS) is 12.8. The maximum atomic E-state index is 5.25. The lowest BCUT2D eigenvalue weighted by Crippen LogP contribution is -2.14. The Hall–Kier alpha value is -1.26. The van der Waals surface area contributed by atoms with Gasteiger partial charge in [0.25, 0.3) is 0 Å². The van der Waals surface area contributed by atoms with E-state index in [0.717, 1.165) is 12.8 Å².